The molecule has 0 unspecified atom stereocenters. The molecule has 0 N–H and O–H groups in total. The maximum absolute atomic E-state index is 5.61. The lowest BCUT2D eigenvalue weighted by Gasteiger charge is -2.46. The van der Waals surface area contributed by atoms with E-state index in [1.807, 2.05) is 0 Å². The summed E-state index contributed by atoms with van der Waals surface area (Å²) >= 11 is 2.38. The monoisotopic (exact) mass is 368 g/mol. The number of hydrogen-bond donors (Lipinski definition) is 0. The van der Waals surface area contributed by atoms with Gasteiger partial charge >= 0.3 is 0 Å². The van der Waals surface area contributed by atoms with Crippen LogP contribution in [0, 0.1) is 0 Å². The molecule has 2 saturated heterocycles. The van der Waals surface area contributed by atoms with E-state index in [4.69, 9.17) is 9.47 Å². The first kappa shape index (κ1) is 18.5. The number of nitrogens with zero attached hydrogens (tertiary/aromatic N) is 2. The third-order valence-corrected chi connectivity index (χ3v) is 8.51. The van der Waals surface area contributed by atoms with Crippen LogP contribution < -0.4 is 0 Å². The fourth-order valence-electron chi connectivity index (χ4n) is 5.35. The first-order valence-corrected chi connectivity index (χ1v) is 11.6. The molecule has 2 heterocycles. The van der Waals surface area contributed by atoms with Crippen molar-refractivity contribution in [1.29, 1.82) is 0 Å². The van der Waals surface area contributed by atoms with E-state index in [0.29, 0.717) is 0 Å². The lowest BCUT2D eigenvalue weighted by Crippen LogP contribution is -2.52. The third-order valence-electron chi connectivity index (χ3n) is 6.71. The van der Waals surface area contributed by atoms with Crippen LogP contribution in [0.4, 0.5) is 0 Å². The Morgan fingerprint density at radius 1 is 0.560 bits per heavy atom. The van der Waals surface area contributed by atoms with Gasteiger partial charge in [0.25, 0.3) is 0 Å². The van der Waals surface area contributed by atoms with Gasteiger partial charge in [0.1, 0.15) is 0 Å². The first-order valence-electron chi connectivity index (χ1n) is 10.7. The van der Waals surface area contributed by atoms with Gasteiger partial charge in [0.05, 0.1) is 26.4 Å². The highest BCUT2D eigenvalue weighted by molar-refractivity contribution is 8.00. The number of morpholine rings is 2. The maximum atomic E-state index is 5.61. The van der Waals surface area contributed by atoms with Crippen molar-refractivity contribution in [2.45, 2.75) is 74.0 Å². The number of thioether (sulfide) groups is 1. The lowest BCUT2D eigenvalue weighted by atomic mass is 9.92. The van der Waals surface area contributed by atoms with Gasteiger partial charge in [-0.05, 0) is 25.7 Å². The minimum atomic E-state index is 0.801. The fraction of sp³-hybridized carbons (Fsp3) is 1.00. The van der Waals surface area contributed by atoms with Crippen LogP contribution in [-0.4, -0.2) is 85.0 Å². The summed E-state index contributed by atoms with van der Waals surface area (Å²) in [6.45, 7) is 8.36. The molecule has 4 aliphatic rings. The minimum absolute atomic E-state index is 0.801. The molecule has 4 nitrogen and oxygen atoms in total. The predicted octanol–water partition coefficient (Wildman–Crippen LogP) is 3.01. The van der Waals surface area contributed by atoms with E-state index >= 15 is 0 Å². The van der Waals surface area contributed by atoms with Crippen molar-refractivity contribution in [2.75, 3.05) is 52.6 Å². The van der Waals surface area contributed by atoms with Crippen LogP contribution in [0.1, 0.15) is 51.4 Å². The Kier molecular flexibility index (Phi) is 6.98. The summed E-state index contributed by atoms with van der Waals surface area (Å²) in [5.74, 6) is 0. The molecular weight excluding hydrogens is 332 g/mol. The third kappa shape index (κ3) is 4.73. The van der Waals surface area contributed by atoms with Crippen molar-refractivity contribution in [2.24, 2.45) is 0 Å². The van der Waals surface area contributed by atoms with Gasteiger partial charge in [0, 0.05) is 48.8 Å². The molecular formula is C20H36N2O2S. The highest BCUT2D eigenvalue weighted by Crippen LogP contribution is 2.40. The van der Waals surface area contributed by atoms with Crippen LogP contribution in [0.2, 0.25) is 0 Å². The zero-order chi connectivity index (χ0) is 16.9. The molecule has 2 aliphatic heterocycles. The predicted molar refractivity (Wildman–Crippen MR) is 104 cm³/mol. The van der Waals surface area contributed by atoms with Gasteiger partial charge in [0.15, 0.2) is 0 Å². The summed E-state index contributed by atoms with van der Waals surface area (Å²) in [5.41, 5.74) is 0. The number of rotatable bonds is 4. The lowest BCUT2D eigenvalue weighted by molar-refractivity contribution is 0.00790. The average molecular weight is 369 g/mol. The Hall–Kier alpha value is 0.190. The second-order valence-corrected chi connectivity index (χ2v) is 9.70. The van der Waals surface area contributed by atoms with Gasteiger partial charge in [-0.25, -0.2) is 0 Å². The van der Waals surface area contributed by atoms with E-state index in [2.05, 4.69) is 21.6 Å². The van der Waals surface area contributed by atoms with E-state index in [1.165, 1.54) is 51.4 Å². The Labute approximate surface area is 158 Å². The Bertz CT molecular complexity index is 363. The van der Waals surface area contributed by atoms with Crippen molar-refractivity contribution in [3.8, 4) is 0 Å². The normalized spacial score (nSPS) is 39.4. The quantitative estimate of drug-likeness (QED) is 0.760. The molecule has 0 spiro atoms. The summed E-state index contributed by atoms with van der Waals surface area (Å²) in [6, 6.07) is 1.60. The molecule has 2 saturated carbocycles. The molecule has 0 radical (unpaired) electrons. The van der Waals surface area contributed by atoms with Crippen LogP contribution in [0.5, 0.6) is 0 Å². The van der Waals surface area contributed by atoms with Gasteiger partial charge < -0.3 is 9.47 Å². The minimum Gasteiger partial charge on any atom is -0.379 e. The molecule has 25 heavy (non-hydrogen) atoms. The van der Waals surface area contributed by atoms with Crippen LogP contribution in [0.15, 0.2) is 0 Å². The molecule has 0 bridgehead atoms. The van der Waals surface area contributed by atoms with Gasteiger partial charge in [0.2, 0.25) is 0 Å². The second-order valence-electron chi connectivity index (χ2n) is 8.21. The van der Waals surface area contributed by atoms with Crippen molar-refractivity contribution in [1.82, 2.24) is 9.80 Å². The standard InChI is InChI=1S/C20H36N2O2S/c1-3-7-19(17(5-1)21-9-13-23-14-10-21)25-20-8-4-2-6-18(20)22-11-15-24-16-12-22/h17-20H,1-16H2/t17-,18-,19-,20+/m1/s1. The smallest absolute Gasteiger partial charge is 0.0594 e. The Balaban J connectivity index is 1.40. The molecule has 5 heteroatoms. The first-order chi connectivity index (χ1) is 12.4. The summed E-state index contributed by atoms with van der Waals surface area (Å²) in [4.78, 5) is 5.51. The SMILES string of the molecule is C1CC[C@@H](N2CCOCC2)[C@@H](S[C@@H]2CCCC[C@H]2N2CCOCC2)C1. The van der Waals surface area contributed by atoms with Gasteiger partial charge in [-0.3, -0.25) is 9.80 Å². The molecule has 0 aromatic rings. The Morgan fingerprint density at radius 2 is 0.960 bits per heavy atom. The van der Waals surface area contributed by atoms with E-state index in [9.17, 15) is 0 Å². The summed E-state index contributed by atoms with van der Waals surface area (Å²) < 4.78 is 11.2. The van der Waals surface area contributed by atoms with Gasteiger partial charge in [-0.15, -0.1) is 0 Å². The Morgan fingerprint density at radius 3 is 1.40 bits per heavy atom. The second kappa shape index (κ2) is 9.41. The van der Waals surface area contributed by atoms with Crippen LogP contribution in [0.25, 0.3) is 0 Å². The molecule has 2 aliphatic carbocycles. The largest absolute Gasteiger partial charge is 0.379 e. The van der Waals surface area contributed by atoms with Crippen molar-refractivity contribution >= 4 is 11.8 Å². The van der Waals surface area contributed by atoms with Crippen LogP contribution in [0.3, 0.4) is 0 Å². The maximum Gasteiger partial charge on any atom is 0.0594 e. The van der Waals surface area contributed by atoms with Gasteiger partial charge in [-0.2, -0.15) is 11.8 Å². The molecule has 4 rings (SSSR count). The zero-order valence-corrected chi connectivity index (χ0v) is 16.6. The van der Waals surface area contributed by atoms with E-state index in [1.54, 1.807) is 0 Å². The van der Waals surface area contributed by atoms with E-state index < -0.39 is 0 Å². The summed E-state index contributed by atoms with van der Waals surface area (Å²) in [5, 5.41) is 1.69. The topological polar surface area (TPSA) is 24.9 Å². The van der Waals surface area contributed by atoms with E-state index in [-0.39, 0.29) is 0 Å². The van der Waals surface area contributed by atoms with Crippen molar-refractivity contribution in [3.63, 3.8) is 0 Å². The number of hydrogen-bond acceptors (Lipinski definition) is 5. The van der Waals surface area contributed by atoms with Crippen LogP contribution >= 0.6 is 11.8 Å². The molecule has 0 aromatic carbocycles. The highest BCUT2D eigenvalue weighted by atomic mass is 32.2. The number of ether oxygens (including phenoxy) is 2. The zero-order valence-electron chi connectivity index (χ0n) is 15.7. The molecule has 144 valence electrons. The molecule has 4 fully saturated rings. The highest BCUT2D eigenvalue weighted by Gasteiger charge is 2.37. The van der Waals surface area contributed by atoms with Crippen LogP contribution in [-0.2, 0) is 9.47 Å². The fourth-order valence-corrected chi connectivity index (χ4v) is 7.38. The molecule has 4 atom stereocenters. The van der Waals surface area contributed by atoms with E-state index in [0.717, 1.165) is 75.2 Å². The molecule has 0 aromatic heterocycles. The van der Waals surface area contributed by atoms with Crippen molar-refractivity contribution in [3.05, 3.63) is 0 Å². The van der Waals surface area contributed by atoms with Crippen molar-refractivity contribution < 1.29 is 9.47 Å². The summed E-state index contributed by atoms with van der Waals surface area (Å²) in [7, 11) is 0. The average Bonchev–Trinajstić information content (AvgIpc) is 2.70. The van der Waals surface area contributed by atoms with Gasteiger partial charge in [-0.1, -0.05) is 25.7 Å². The summed E-state index contributed by atoms with van der Waals surface area (Å²) in [6.07, 6.45) is 11.4. The molecule has 0 amide bonds.